The second-order valence-corrected chi connectivity index (χ2v) is 11.0. The van der Waals surface area contributed by atoms with Crippen LogP contribution in [0, 0.1) is 11.3 Å². The molecule has 0 saturated heterocycles. The second-order valence-electron chi connectivity index (χ2n) is 8.76. The van der Waals surface area contributed by atoms with Crippen molar-refractivity contribution in [2.75, 3.05) is 31.3 Å². The van der Waals surface area contributed by atoms with E-state index >= 15 is 0 Å². The molecule has 5 heteroatoms. The molecule has 0 N–H and O–H groups in total. The van der Waals surface area contributed by atoms with E-state index in [-0.39, 0.29) is 22.8 Å². The fourth-order valence-corrected chi connectivity index (χ4v) is 4.17. The fourth-order valence-electron chi connectivity index (χ4n) is 2.49. The molecule has 0 heterocycles. The summed E-state index contributed by atoms with van der Waals surface area (Å²) in [4.78, 5) is 0. The van der Waals surface area contributed by atoms with Crippen LogP contribution in [0.3, 0.4) is 0 Å². The molecule has 0 aliphatic heterocycles. The lowest BCUT2D eigenvalue weighted by molar-refractivity contribution is 0.0720. The molecule has 0 amide bonds. The maximum absolute atomic E-state index is 12.4. The molecule has 150 valence electrons. The lowest BCUT2D eigenvalue weighted by Crippen LogP contribution is -2.19. The van der Waals surface area contributed by atoms with Crippen molar-refractivity contribution >= 4 is 9.84 Å². The number of sulfone groups is 1. The minimum atomic E-state index is -3.10. The Kier molecular flexibility index (Phi) is 9.11. The van der Waals surface area contributed by atoms with E-state index in [0.717, 1.165) is 11.3 Å². The summed E-state index contributed by atoms with van der Waals surface area (Å²) in [6.07, 6.45) is 0.544. The van der Waals surface area contributed by atoms with Crippen molar-refractivity contribution in [1.29, 1.82) is 0 Å². The van der Waals surface area contributed by atoms with E-state index in [2.05, 4.69) is 34.6 Å². The first-order valence-electron chi connectivity index (χ1n) is 9.49. The van der Waals surface area contributed by atoms with Crippen LogP contribution in [-0.4, -0.2) is 39.7 Å². The number of hydrogen-bond acceptors (Lipinski definition) is 4. The third kappa shape index (κ3) is 10.2. The van der Waals surface area contributed by atoms with Gasteiger partial charge in [-0.05, 0) is 41.4 Å². The maximum Gasteiger partial charge on any atom is 0.150 e. The van der Waals surface area contributed by atoms with Gasteiger partial charge in [0.15, 0.2) is 9.84 Å². The number of ether oxygens (including phenoxy) is 2. The molecule has 0 saturated carbocycles. The van der Waals surface area contributed by atoms with Gasteiger partial charge in [-0.15, -0.1) is 0 Å². The van der Waals surface area contributed by atoms with E-state index in [1.165, 1.54) is 0 Å². The van der Waals surface area contributed by atoms with Crippen molar-refractivity contribution in [2.45, 2.75) is 53.9 Å². The van der Waals surface area contributed by atoms with Gasteiger partial charge in [-0.1, -0.05) is 53.7 Å². The highest BCUT2D eigenvalue weighted by atomic mass is 32.2. The van der Waals surface area contributed by atoms with E-state index in [4.69, 9.17) is 9.47 Å². The van der Waals surface area contributed by atoms with E-state index in [9.17, 15) is 8.42 Å². The molecular weight excluding hydrogens is 348 g/mol. The van der Waals surface area contributed by atoms with Gasteiger partial charge in [-0.3, -0.25) is 0 Å². The average molecular weight is 385 g/mol. The lowest BCUT2D eigenvalue weighted by atomic mass is 9.99. The van der Waals surface area contributed by atoms with Crippen LogP contribution >= 0.6 is 0 Å². The van der Waals surface area contributed by atoms with Crippen LogP contribution in [-0.2, 0) is 14.6 Å². The van der Waals surface area contributed by atoms with Crippen molar-refractivity contribution < 1.29 is 17.9 Å². The Balaban J connectivity index is 2.49. The van der Waals surface area contributed by atoms with Crippen molar-refractivity contribution in [3.8, 4) is 5.75 Å². The van der Waals surface area contributed by atoms with Crippen molar-refractivity contribution in [1.82, 2.24) is 0 Å². The minimum absolute atomic E-state index is 0.0573. The smallest absolute Gasteiger partial charge is 0.150 e. The van der Waals surface area contributed by atoms with E-state index in [0.29, 0.717) is 32.2 Å². The van der Waals surface area contributed by atoms with Crippen molar-refractivity contribution in [3.05, 3.63) is 29.8 Å². The van der Waals surface area contributed by atoms with Gasteiger partial charge in [-0.2, -0.15) is 0 Å². The summed E-state index contributed by atoms with van der Waals surface area (Å²) in [6.45, 7) is 14.3. The van der Waals surface area contributed by atoms with Gasteiger partial charge < -0.3 is 9.47 Å². The molecule has 0 unspecified atom stereocenters. The summed E-state index contributed by atoms with van der Waals surface area (Å²) >= 11 is 0. The van der Waals surface area contributed by atoms with Gasteiger partial charge in [0.2, 0.25) is 0 Å². The number of hydrogen-bond donors (Lipinski definition) is 0. The highest BCUT2D eigenvalue weighted by Gasteiger charge is 2.18. The van der Waals surface area contributed by atoms with E-state index in [1.807, 2.05) is 31.2 Å². The predicted octanol–water partition coefficient (Wildman–Crippen LogP) is 4.69. The predicted molar refractivity (Wildman–Crippen MR) is 109 cm³/mol. The Morgan fingerprint density at radius 1 is 1.12 bits per heavy atom. The van der Waals surface area contributed by atoms with Crippen LogP contribution < -0.4 is 4.74 Å². The number of rotatable bonds is 11. The van der Waals surface area contributed by atoms with Crippen LogP contribution in [0.5, 0.6) is 5.75 Å². The summed E-state index contributed by atoms with van der Waals surface area (Å²) < 4.78 is 36.1. The molecule has 4 nitrogen and oxygen atoms in total. The quantitative estimate of drug-likeness (QED) is 0.519. The molecule has 1 atom stereocenters. The van der Waals surface area contributed by atoms with Gasteiger partial charge in [-0.25, -0.2) is 8.42 Å². The molecule has 0 aromatic heterocycles. The van der Waals surface area contributed by atoms with Gasteiger partial charge >= 0.3 is 0 Å². The molecular formula is C21H36O4S. The number of benzene rings is 1. The topological polar surface area (TPSA) is 52.6 Å². The molecule has 0 fully saturated rings. The highest BCUT2D eigenvalue weighted by Crippen LogP contribution is 2.23. The summed E-state index contributed by atoms with van der Waals surface area (Å²) in [5.74, 6) is 1.52. The largest absolute Gasteiger partial charge is 0.493 e. The molecule has 0 aliphatic carbocycles. The standard InChI is InChI=1S/C21H36O4S/c1-17(2)14-25-20-10-7-9-19(13-20)18(3)15-26(22,23)12-8-11-24-16-21(4,5)6/h7,9-10,13,17-18H,8,11-12,14-16H2,1-6H3/t18-/m0/s1. The molecule has 0 aliphatic rings. The molecule has 26 heavy (non-hydrogen) atoms. The van der Waals surface area contributed by atoms with Gasteiger partial charge in [0.05, 0.1) is 24.7 Å². The monoisotopic (exact) mass is 384 g/mol. The maximum atomic E-state index is 12.4. The first-order chi connectivity index (χ1) is 12.0. The Bertz CT molecular complexity index is 630. The summed E-state index contributed by atoms with van der Waals surface area (Å²) in [5, 5.41) is 0. The zero-order valence-electron chi connectivity index (χ0n) is 17.2. The normalized spacial score (nSPS) is 13.8. The Labute approximate surface area is 160 Å². The van der Waals surface area contributed by atoms with E-state index in [1.54, 1.807) is 0 Å². The van der Waals surface area contributed by atoms with Gasteiger partial charge in [0.25, 0.3) is 0 Å². The van der Waals surface area contributed by atoms with Gasteiger partial charge in [0.1, 0.15) is 5.75 Å². The summed E-state index contributed by atoms with van der Waals surface area (Å²) in [7, 11) is -3.10. The fraction of sp³-hybridized carbons (Fsp3) is 0.714. The Morgan fingerprint density at radius 3 is 2.42 bits per heavy atom. The first-order valence-corrected chi connectivity index (χ1v) is 11.3. The molecule has 1 aromatic rings. The Hall–Kier alpha value is -1.07. The zero-order chi connectivity index (χ0) is 19.8. The van der Waals surface area contributed by atoms with E-state index < -0.39 is 9.84 Å². The zero-order valence-corrected chi connectivity index (χ0v) is 18.1. The van der Waals surface area contributed by atoms with Crippen LogP contribution in [0.1, 0.15) is 59.4 Å². The van der Waals surface area contributed by atoms with Crippen molar-refractivity contribution in [3.63, 3.8) is 0 Å². The molecule has 0 spiro atoms. The molecule has 1 aromatic carbocycles. The van der Waals surface area contributed by atoms with Crippen LogP contribution in [0.15, 0.2) is 24.3 Å². The highest BCUT2D eigenvalue weighted by molar-refractivity contribution is 7.91. The SMILES string of the molecule is CC(C)COc1cccc([C@@H](C)CS(=O)(=O)CCCOCC(C)(C)C)c1. The summed E-state index contributed by atoms with van der Waals surface area (Å²) in [5.41, 5.74) is 1.11. The van der Waals surface area contributed by atoms with Crippen molar-refractivity contribution in [2.24, 2.45) is 11.3 Å². The molecule has 0 radical (unpaired) electrons. The first kappa shape index (κ1) is 23.0. The lowest BCUT2D eigenvalue weighted by Gasteiger charge is -2.18. The average Bonchev–Trinajstić information content (AvgIpc) is 2.51. The Morgan fingerprint density at radius 2 is 1.81 bits per heavy atom. The third-order valence-electron chi connectivity index (χ3n) is 3.79. The van der Waals surface area contributed by atoms with Crippen LogP contribution in [0.2, 0.25) is 0 Å². The second kappa shape index (κ2) is 10.3. The van der Waals surface area contributed by atoms with Gasteiger partial charge in [0, 0.05) is 6.61 Å². The summed E-state index contributed by atoms with van der Waals surface area (Å²) in [6, 6.07) is 7.76. The molecule has 1 rings (SSSR count). The van der Waals surface area contributed by atoms with Crippen LogP contribution in [0.25, 0.3) is 0 Å². The van der Waals surface area contributed by atoms with Crippen LogP contribution in [0.4, 0.5) is 0 Å². The third-order valence-corrected chi connectivity index (χ3v) is 5.71. The molecule has 0 bridgehead atoms. The minimum Gasteiger partial charge on any atom is -0.493 e.